The number of carbonyl (C=O) groups is 1. The monoisotopic (exact) mass is 1110 g/mol. The first kappa shape index (κ1) is 64.0. The van der Waals surface area contributed by atoms with Crippen LogP contribution in [0.1, 0.15) is 122 Å². The summed E-state index contributed by atoms with van der Waals surface area (Å²) < 4.78 is 192. The molecule has 1 aliphatic heterocycles. The van der Waals surface area contributed by atoms with Crippen molar-refractivity contribution in [1.29, 1.82) is 0 Å². The van der Waals surface area contributed by atoms with Gasteiger partial charge in [0.25, 0.3) is 11.2 Å². The highest BCUT2D eigenvalue weighted by molar-refractivity contribution is 5.71. The van der Waals surface area contributed by atoms with Crippen molar-refractivity contribution in [3.05, 3.63) is 141 Å². The van der Waals surface area contributed by atoms with E-state index in [0.29, 0.717) is 61.0 Å². The van der Waals surface area contributed by atoms with Gasteiger partial charge in [-0.05, 0) is 140 Å². The van der Waals surface area contributed by atoms with Crippen molar-refractivity contribution in [1.82, 2.24) is 0 Å². The Hall–Kier alpha value is -5.57. The first-order chi connectivity index (χ1) is 35.8. The normalized spacial score (nSPS) is 15.3. The zero-order valence-corrected chi connectivity index (χ0v) is 44.5. The third kappa shape index (κ3) is 13.8. The van der Waals surface area contributed by atoms with Gasteiger partial charge < -0.3 is 33.5 Å². The molecular formula is C57H66F12O8. The van der Waals surface area contributed by atoms with Gasteiger partial charge in [0.2, 0.25) is 0 Å². The Kier molecular flexibility index (Phi) is 21.2. The second-order valence-corrected chi connectivity index (χ2v) is 18.9. The predicted octanol–water partition coefficient (Wildman–Crippen LogP) is 15.6. The number of carbonyl (C=O) groups excluding carboxylic acids is 1. The van der Waals surface area contributed by atoms with Gasteiger partial charge in [-0.1, -0.05) is 101 Å². The van der Waals surface area contributed by atoms with Gasteiger partial charge in [0, 0.05) is 31.5 Å². The molecule has 1 aliphatic rings. The van der Waals surface area contributed by atoms with E-state index in [4.69, 9.17) is 9.47 Å². The van der Waals surface area contributed by atoms with Crippen LogP contribution in [0.15, 0.2) is 84.9 Å². The lowest BCUT2D eigenvalue weighted by Crippen LogP contribution is -2.57. The molecule has 4 aromatic carbocycles. The standard InChI is InChI=1S/C31H36F6O5.C26H30F6O3/c1-6-28(7-2,24-10-12-26(21(4)17-24)40-18-25-11-13-27(38)42-25)23-9-8-22(20(3)16-23)14-15-29(30(32,33)34,31(35,36)37)41-19-39-5;1-6-23(7-2,21-10-11-22(33)18(4)15-21)20-9-8-19(17(3)14-20)12-13-24(25(27,28)29,26(30,31)32)35-16-34-5/h8-10,12,14-17,25H,6-7,11,13,18-19H2,1-5H3;8-15,33H,6-7,16H2,1-5H3/b15-14+;13-12+/t25-;/m1./s1. The van der Waals surface area contributed by atoms with Crippen molar-refractivity contribution in [2.24, 2.45) is 0 Å². The Morgan fingerprint density at radius 2 is 0.909 bits per heavy atom. The molecule has 20 heteroatoms. The maximum atomic E-state index is 13.7. The number of phenolic OH excluding ortho intramolecular Hbond substituents is 1. The number of rotatable bonds is 21. The van der Waals surface area contributed by atoms with Gasteiger partial charge in [0.1, 0.15) is 37.8 Å². The SMILES string of the molecule is CCC(CC)(c1ccc(/C=C/C(OCOC)(C(F)(F)F)C(F)(F)F)c(C)c1)c1ccc(OC[C@H]2CCC(=O)O2)c(C)c1.CCC(CC)(c1ccc(O)c(C)c1)c1ccc(/C=C/C(OCOC)(C(F)(F)F)C(F)(F)F)c(C)c1. The molecule has 0 saturated carbocycles. The van der Waals surface area contributed by atoms with Crippen LogP contribution in [-0.2, 0) is 39.3 Å². The van der Waals surface area contributed by atoms with Crippen LogP contribution in [-0.4, -0.2) is 87.5 Å². The number of aromatic hydroxyl groups is 1. The van der Waals surface area contributed by atoms with E-state index < -0.39 is 60.3 Å². The average Bonchev–Trinajstić information content (AvgIpc) is 3.77. The van der Waals surface area contributed by atoms with E-state index in [0.717, 1.165) is 54.2 Å². The van der Waals surface area contributed by atoms with Crippen LogP contribution < -0.4 is 4.74 Å². The van der Waals surface area contributed by atoms with Crippen LogP contribution in [0, 0.1) is 27.7 Å². The Bertz CT molecular complexity index is 2630. The van der Waals surface area contributed by atoms with Gasteiger partial charge in [-0.25, -0.2) is 0 Å². The molecule has 0 radical (unpaired) electrons. The molecule has 1 atom stereocenters. The molecule has 1 fully saturated rings. The average molecular weight is 1110 g/mol. The van der Waals surface area contributed by atoms with Crippen LogP contribution in [0.25, 0.3) is 12.2 Å². The van der Waals surface area contributed by atoms with E-state index in [9.17, 15) is 62.6 Å². The van der Waals surface area contributed by atoms with E-state index in [1.54, 1.807) is 51.1 Å². The van der Waals surface area contributed by atoms with E-state index in [2.05, 4.69) is 18.9 Å². The number of cyclic esters (lactones) is 1. The summed E-state index contributed by atoms with van der Waals surface area (Å²) in [5.74, 6) is 0.593. The Labute approximate surface area is 441 Å². The molecule has 1 N–H and O–H groups in total. The van der Waals surface area contributed by atoms with Gasteiger partial charge >= 0.3 is 30.7 Å². The molecule has 4 aromatic rings. The summed E-state index contributed by atoms with van der Waals surface area (Å²) in [6.45, 7) is 12.9. The second-order valence-electron chi connectivity index (χ2n) is 18.9. The third-order valence-electron chi connectivity index (χ3n) is 14.4. The maximum Gasteiger partial charge on any atom is 0.430 e. The number of halogens is 12. The van der Waals surface area contributed by atoms with Gasteiger partial charge in [0.15, 0.2) is 0 Å². The molecule has 0 unspecified atom stereocenters. The van der Waals surface area contributed by atoms with Crippen molar-refractivity contribution >= 4 is 18.1 Å². The third-order valence-corrected chi connectivity index (χ3v) is 14.4. The highest BCUT2D eigenvalue weighted by atomic mass is 19.4. The van der Waals surface area contributed by atoms with Crippen LogP contribution in [0.5, 0.6) is 11.5 Å². The smallest absolute Gasteiger partial charge is 0.430 e. The quantitative estimate of drug-likeness (QED) is 0.0501. The number of aryl methyl sites for hydroxylation is 4. The van der Waals surface area contributed by atoms with Gasteiger partial charge in [-0.15, -0.1) is 0 Å². The van der Waals surface area contributed by atoms with E-state index in [1.165, 1.54) is 12.1 Å². The van der Waals surface area contributed by atoms with Crippen molar-refractivity contribution < 1.29 is 91.0 Å². The molecule has 77 heavy (non-hydrogen) atoms. The number of ether oxygens (including phenoxy) is 6. The van der Waals surface area contributed by atoms with E-state index >= 15 is 0 Å². The lowest BCUT2D eigenvalue weighted by atomic mass is 9.70. The van der Waals surface area contributed by atoms with Gasteiger partial charge in [-0.3, -0.25) is 4.79 Å². The molecule has 0 aliphatic carbocycles. The summed E-state index contributed by atoms with van der Waals surface area (Å²) in [6, 6.07) is 21.2. The molecule has 1 heterocycles. The van der Waals surface area contributed by atoms with E-state index in [-0.39, 0.29) is 47.7 Å². The summed E-state index contributed by atoms with van der Waals surface area (Å²) >= 11 is 0. The molecule has 0 spiro atoms. The van der Waals surface area contributed by atoms with Crippen molar-refractivity contribution in [3.8, 4) is 11.5 Å². The number of hydrogen-bond donors (Lipinski definition) is 1. The number of esters is 1. The largest absolute Gasteiger partial charge is 0.508 e. The topological polar surface area (TPSA) is 92.7 Å². The van der Waals surface area contributed by atoms with Crippen LogP contribution >= 0.6 is 0 Å². The Balaban J connectivity index is 0.000000338. The molecule has 0 aromatic heterocycles. The van der Waals surface area contributed by atoms with Crippen LogP contribution in [0.4, 0.5) is 52.7 Å². The number of benzene rings is 4. The predicted molar refractivity (Wildman–Crippen MR) is 267 cm³/mol. The first-order valence-corrected chi connectivity index (χ1v) is 24.7. The van der Waals surface area contributed by atoms with E-state index in [1.807, 2.05) is 65.0 Å². The highest BCUT2D eigenvalue weighted by Gasteiger charge is 2.72. The summed E-state index contributed by atoms with van der Waals surface area (Å²) in [5, 5.41) is 9.91. The lowest BCUT2D eigenvalue weighted by Gasteiger charge is -2.35. The molecule has 8 nitrogen and oxygen atoms in total. The summed E-state index contributed by atoms with van der Waals surface area (Å²) in [7, 11) is 1.88. The number of phenols is 1. The molecular weight excluding hydrogens is 1040 g/mol. The number of hydrogen-bond acceptors (Lipinski definition) is 8. The fourth-order valence-electron chi connectivity index (χ4n) is 9.57. The zero-order chi connectivity index (χ0) is 58.0. The summed E-state index contributed by atoms with van der Waals surface area (Å²) in [6.07, 6.45) is -18.0. The van der Waals surface area contributed by atoms with Crippen LogP contribution in [0.3, 0.4) is 0 Å². The minimum Gasteiger partial charge on any atom is -0.508 e. The van der Waals surface area contributed by atoms with Gasteiger partial charge in [0.05, 0.1) is 0 Å². The Morgan fingerprint density at radius 3 is 1.22 bits per heavy atom. The summed E-state index contributed by atoms with van der Waals surface area (Å²) in [4.78, 5) is 11.3. The zero-order valence-electron chi connectivity index (χ0n) is 44.5. The number of alkyl halides is 12. The number of methoxy groups -OCH3 is 2. The van der Waals surface area contributed by atoms with Crippen molar-refractivity contribution in [3.63, 3.8) is 0 Å². The second kappa shape index (κ2) is 25.5. The molecule has 0 bridgehead atoms. The first-order valence-electron chi connectivity index (χ1n) is 24.7. The van der Waals surface area contributed by atoms with Crippen molar-refractivity contribution in [2.45, 2.75) is 147 Å². The minimum atomic E-state index is -5.77. The van der Waals surface area contributed by atoms with Crippen LogP contribution in [0.2, 0.25) is 0 Å². The molecule has 1 saturated heterocycles. The summed E-state index contributed by atoms with van der Waals surface area (Å²) in [5.41, 5.74) is -3.29. The lowest BCUT2D eigenvalue weighted by molar-refractivity contribution is -0.372. The molecule has 0 amide bonds. The fourth-order valence-corrected chi connectivity index (χ4v) is 9.57. The van der Waals surface area contributed by atoms with Gasteiger partial charge in [-0.2, -0.15) is 52.7 Å². The highest BCUT2D eigenvalue weighted by Crippen LogP contribution is 2.50. The minimum absolute atomic E-state index is 0.00444. The maximum absolute atomic E-state index is 13.7. The van der Waals surface area contributed by atoms with Crippen molar-refractivity contribution in [2.75, 3.05) is 34.4 Å². The molecule has 5 rings (SSSR count). The molecule has 426 valence electrons. The Morgan fingerprint density at radius 1 is 0.545 bits per heavy atom. The fraction of sp³-hybridized carbons (Fsp3) is 0.491.